The van der Waals surface area contributed by atoms with Crippen LogP contribution in [0, 0.1) is 18.6 Å². The van der Waals surface area contributed by atoms with E-state index in [1.165, 1.54) is 12.1 Å². The zero-order chi connectivity index (χ0) is 11.7. The van der Waals surface area contributed by atoms with Crippen LogP contribution in [0.15, 0.2) is 12.1 Å². The van der Waals surface area contributed by atoms with E-state index in [0.717, 1.165) is 6.42 Å². The van der Waals surface area contributed by atoms with Gasteiger partial charge < -0.3 is 9.84 Å². The van der Waals surface area contributed by atoms with Crippen molar-refractivity contribution >= 4 is 0 Å². The van der Waals surface area contributed by atoms with Crippen LogP contribution in [0.4, 0.5) is 8.78 Å². The van der Waals surface area contributed by atoms with Crippen LogP contribution in [0.1, 0.15) is 30.1 Å². The van der Waals surface area contributed by atoms with Crippen LogP contribution < -0.4 is 0 Å². The molecule has 0 aliphatic carbocycles. The van der Waals surface area contributed by atoms with Gasteiger partial charge >= 0.3 is 0 Å². The second-order valence-electron chi connectivity index (χ2n) is 4.09. The second-order valence-corrected chi connectivity index (χ2v) is 4.09. The van der Waals surface area contributed by atoms with Gasteiger partial charge in [-0.05, 0) is 31.4 Å². The van der Waals surface area contributed by atoms with Crippen LogP contribution in [-0.2, 0) is 4.74 Å². The summed E-state index contributed by atoms with van der Waals surface area (Å²) in [4.78, 5) is 0. The van der Waals surface area contributed by atoms with E-state index in [9.17, 15) is 13.9 Å². The largest absolute Gasteiger partial charge is 0.385 e. The van der Waals surface area contributed by atoms with Crippen LogP contribution in [-0.4, -0.2) is 17.8 Å². The predicted octanol–water partition coefficient (Wildman–Crippen LogP) is 2.49. The fourth-order valence-electron chi connectivity index (χ4n) is 1.99. The zero-order valence-corrected chi connectivity index (χ0v) is 9.04. The molecule has 0 bridgehead atoms. The second kappa shape index (κ2) is 4.47. The molecule has 1 saturated heterocycles. The highest BCUT2D eigenvalue weighted by atomic mass is 19.1. The van der Waals surface area contributed by atoms with Crippen molar-refractivity contribution in [2.45, 2.75) is 32.0 Å². The Balaban J connectivity index is 2.34. The molecule has 1 heterocycles. The molecule has 0 amide bonds. The third-order valence-corrected chi connectivity index (χ3v) is 2.93. The first-order chi connectivity index (χ1) is 7.61. The molecule has 0 saturated carbocycles. The molecule has 1 aliphatic rings. The monoisotopic (exact) mass is 228 g/mol. The maximum absolute atomic E-state index is 13.7. The summed E-state index contributed by atoms with van der Waals surface area (Å²) in [6.45, 7) is 2.08. The molecule has 16 heavy (non-hydrogen) atoms. The molecule has 1 fully saturated rings. The molecular weight excluding hydrogens is 214 g/mol. The van der Waals surface area contributed by atoms with Gasteiger partial charge in [0.15, 0.2) is 0 Å². The van der Waals surface area contributed by atoms with Crippen molar-refractivity contribution < 1.29 is 18.6 Å². The molecule has 1 aromatic carbocycles. The van der Waals surface area contributed by atoms with Gasteiger partial charge in [0, 0.05) is 6.61 Å². The molecule has 1 aliphatic heterocycles. The Labute approximate surface area is 92.9 Å². The Morgan fingerprint density at radius 2 is 2.19 bits per heavy atom. The van der Waals surface area contributed by atoms with E-state index in [4.69, 9.17) is 4.74 Å². The van der Waals surface area contributed by atoms with Crippen molar-refractivity contribution in [1.29, 1.82) is 0 Å². The summed E-state index contributed by atoms with van der Waals surface area (Å²) in [6.07, 6.45) is -0.265. The minimum Gasteiger partial charge on any atom is -0.385 e. The summed E-state index contributed by atoms with van der Waals surface area (Å²) >= 11 is 0. The van der Waals surface area contributed by atoms with Crippen molar-refractivity contribution in [1.82, 2.24) is 0 Å². The quantitative estimate of drug-likeness (QED) is 0.842. The number of hydrogen-bond acceptors (Lipinski definition) is 2. The van der Waals surface area contributed by atoms with E-state index in [1.807, 2.05) is 0 Å². The predicted molar refractivity (Wildman–Crippen MR) is 55.0 cm³/mol. The Hall–Kier alpha value is -1.00. The molecule has 4 heteroatoms. The summed E-state index contributed by atoms with van der Waals surface area (Å²) in [6, 6.07) is 2.53. The van der Waals surface area contributed by atoms with Crippen LogP contribution in [0.25, 0.3) is 0 Å². The molecule has 2 unspecified atom stereocenters. The molecular formula is C12H14F2O2. The molecule has 0 radical (unpaired) electrons. The Morgan fingerprint density at radius 3 is 2.81 bits per heavy atom. The van der Waals surface area contributed by atoms with Gasteiger partial charge in [0.1, 0.15) is 17.7 Å². The van der Waals surface area contributed by atoms with Crippen LogP contribution in [0.2, 0.25) is 0 Å². The molecule has 2 atom stereocenters. The number of aliphatic hydroxyl groups is 1. The van der Waals surface area contributed by atoms with Gasteiger partial charge in [-0.25, -0.2) is 8.78 Å². The highest BCUT2D eigenvalue weighted by Gasteiger charge is 2.30. The van der Waals surface area contributed by atoms with E-state index in [2.05, 4.69) is 0 Å². The van der Waals surface area contributed by atoms with E-state index >= 15 is 0 Å². The summed E-state index contributed by atoms with van der Waals surface area (Å²) in [7, 11) is 0. The van der Waals surface area contributed by atoms with Gasteiger partial charge in [-0.2, -0.15) is 0 Å². The van der Waals surface area contributed by atoms with E-state index in [-0.39, 0.29) is 5.56 Å². The van der Waals surface area contributed by atoms with Crippen LogP contribution in [0.5, 0.6) is 0 Å². The summed E-state index contributed by atoms with van der Waals surface area (Å²) < 4.78 is 32.4. The fourth-order valence-corrected chi connectivity index (χ4v) is 1.99. The molecule has 0 spiro atoms. The summed E-state index contributed by atoms with van der Waals surface area (Å²) in [5, 5.41) is 9.90. The SMILES string of the molecule is Cc1ccc(F)c(C(O)C2CCCO2)c1F. The Morgan fingerprint density at radius 1 is 1.44 bits per heavy atom. The lowest BCUT2D eigenvalue weighted by Gasteiger charge is -2.19. The van der Waals surface area contributed by atoms with Gasteiger partial charge in [0.2, 0.25) is 0 Å². The molecule has 88 valence electrons. The lowest BCUT2D eigenvalue weighted by Crippen LogP contribution is -2.20. The topological polar surface area (TPSA) is 29.5 Å². The van der Waals surface area contributed by atoms with Gasteiger partial charge in [0.05, 0.1) is 11.7 Å². The zero-order valence-electron chi connectivity index (χ0n) is 9.04. The van der Waals surface area contributed by atoms with Crippen molar-refractivity contribution in [3.05, 3.63) is 34.9 Å². The number of rotatable bonds is 2. The van der Waals surface area contributed by atoms with Crippen molar-refractivity contribution in [2.24, 2.45) is 0 Å². The van der Waals surface area contributed by atoms with Gasteiger partial charge in [-0.1, -0.05) is 6.07 Å². The van der Waals surface area contributed by atoms with Crippen molar-refractivity contribution in [3.8, 4) is 0 Å². The number of halogens is 2. The molecule has 0 aromatic heterocycles. The van der Waals surface area contributed by atoms with E-state index in [0.29, 0.717) is 18.6 Å². The van der Waals surface area contributed by atoms with E-state index in [1.54, 1.807) is 6.92 Å². The Bertz CT molecular complexity index is 387. The van der Waals surface area contributed by atoms with Gasteiger partial charge in [-0.3, -0.25) is 0 Å². The third kappa shape index (κ3) is 1.95. The molecule has 1 aromatic rings. The number of aryl methyl sites for hydroxylation is 1. The van der Waals surface area contributed by atoms with Crippen LogP contribution in [0.3, 0.4) is 0 Å². The maximum Gasteiger partial charge on any atom is 0.134 e. The third-order valence-electron chi connectivity index (χ3n) is 2.93. The number of benzene rings is 1. The highest BCUT2D eigenvalue weighted by molar-refractivity contribution is 5.29. The van der Waals surface area contributed by atoms with Crippen molar-refractivity contribution in [2.75, 3.05) is 6.61 Å². The van der Waals surface area contributed by atoms with E-state index < -0.39 is 23.8 Å². The average Bonchev–Trinajstić information content (AvgIpc) is 2.77. The lowest BCUT2D eigenvalue weighted by molar-refractivity contribution is -0.00611. The fraction of sp³-hybridized carbons (Fsp3) is 0.500. The highest BCUT2D eigenvalue weighted by Crippen LogP contribution is 2.31. The van der Waals surface area contributed by atoms with Gasteiger partial charge in [-0.15, -0.1) is 0 Å². The maximum atomic E-state index is 13.7. The summed E-state index contributed by atoms with van der Waals surface area (Å²) in [5.74, 6) is -1.39. The molecule has 2 nitrogen and oxygen atoms in total. The lowest BCUT2D eigenvalue weighted by atomic mass is 9.99. The van der Waals surface area contributed by atoms with Crippen molar-refractivity contribution in [3.63, 3.8) is 0 Å². The minimum atomic E-state index is -1.22. The van der Waals surface area contributed by atoms with Gasteiger partial charge in [0.25, 0.3) is 0 Å². The number of hydrogen-bond donors (Lipinski definition) is 1. The average molecular weight is 228 g/mol. The van der Waals surface area contributed by atoms with Crippen LogP contribution >= 0.6 is 0 Å². The first-order valence-corrected chi connectivity index (χ1v) is 5.35. The number of ether oxygens (including phenoxy) is 1. The Kier molecular flexibility index (Phi) is 3.21. The molecule has 2 rings (SSSR count). The standard InChI is InChI=1S/C12H14F2O2/c1-7-4-5-8(13)10(11(7)14)12(15)9-3-2-6-16-9/h4-5,9,12,15H,2-3,6H2,1H3. The number of aliphatic hydroxyl groups excluding tert-OH is 1. The minimum absolute atomic E-state index is 0.271. The smallest absolute Gasteiger partial charge is 0.134 e. The first-order valence-electron chi connectivity index (χ1n) is 5.35. The summed E-state index contributed by atoms with van der Waals surface area (Å²) in [5.41, 5.74) is 0.0559. The first kappa shape index (κ1) is 11.5. The normalized spacial score (nSPS) is 22.4. The molecule has 1 N–H and O–H groups in total.